The predicted molar refractivity (Wildman–Crippen MR) is 168 cm³/mol. The molecule has 1 amide bonds. The van der Waals surface area contributed by atoms with Crippen LogP contribution in [0.15, 0.2) is 47.4 Å². The second-order valence-corrected chi connectivity index (χ2v) is 12.8. The summed E-state index contributed by atoms with van der Waals surface area (Å²) in [7, 11) is 0. The normalized spacial score (nSPS) is 15.2. The number of nitrogens with one attached hydrogen (secondary N) is 1. The number of benzene rings is 2. The van der Waals surface area contributed by atoms with E-state index in [9.17, 15) is 19.5 Å². The van der Waals surface area contributed by atoms with E-state index < -0.39 is 42.0 Å². The number of likely N-dealkylation sites (tertiary alicyclic amines) is 1. The lowest BCUT2D eigenvalue weighted by Gasteiger charge is -2.37. The van der Waals surface area contributed by atoms with Crippen molar-refractivity contribution in [3.8, 4) is 11.1 Å². The lowest BCUT2D eigenvalue weighted by Crippen LogP contribution is -2.46. The minimum Gasteiger partial charge on any atom is -0.481 e. The molecule has 1 aromatic heterocycles. The van der Waals surface area contributed by atoms with E-state index in [1.165, 1.54) is 16.7 Å². The van der Waals surface area contributed by atoms with Gasteiger partial charge in [0.1, 0.15) is 6.04 Å². The van der Waals surface area contributed by atoms with E-state index in [0.717, 1.165) is 48.0 Å². The standard InChI is InChI=1S/C35H43F2N3O4/c1-20(2)12-30(40-19-25(24(6)13-31(40)41)10-11-39-17-21(3)18-39)35(44)38-29(16-32(42)43)27-14-26(15-28(36)34(27)37)33-22(4)8-7-9-23(33)5/h7-9,13-15,19-21,29-30H,10-12,16-18H2,1-6H3,(H,38,44)(H,42,43)/t29-,30-/m0/s1. The van der Waals surface area contributed by atoms with Crippen LogP contribution in [0.4, 0.5) is 8.78 Å². The molecular weight excluding hydrogens is 564 g/mol. The number of carbonyl (C=O) groups excluding carboxylic acids is 1. The first-order chi connectivity index (χ1) is 20.7. The molecule has 1 aliphatic heterocycles. The van der Waals surface area contributed by atoms with Crippen molar-refractivity contribution < 1.29 is 23.5 Å². The monoisotopic (exact) mass is 607 g/mol. The Morgan fingerprint density at radius 2 is 1.70 bits per heavy atom. The maximum Gasteiger partial charge on any atom is 0.305 e. The maximum absolute atomic E-state index is 15.4. The summed E-state index contributed by atoms with van der Waals surface area (Å²) in [6, 6.07) is 7.24. The molecule has 0 spiro atoms. The fourth-order valence-electron chi connectivity index (χ4n) is 6.23. The third-order valence-electron chi connectivity index (χ3n) is 8.46. The van der Waals surface area contributed by atoms with Gasteiger partial charge in [0.15, 0.2) is 11.6 Å². The van der Waals surface area contributed by atoms with E-state index in [4.69, 9.17) is 0 Å². The molecule has 0 radical (unpaired) electrons. The zero-order valence-electron chi connectivity index (χ0n) is 26.4. The second kappa shape index (κ2) is 13.8. The van der Waals surface area contributed by atoms with E-state index >= 15 is 8.78 Å². The number of amides is 1. The summed E-state index contributed by atoms with van der Waals surface area (Å²) >= 11 is 0. The van der Waals surface area contributed by atoms with E-state index in [1.807, 2.05) is 52.8 Å². The van der Waals surface area contributed by atoms with Crippen LogP contribution in [0.1, 0.15) is 73.5 Å². The fraction of sp³-hybridized carbons (Fsp3) is 0.457. The summed E-state index contributed by atoms with van der Waals surface area (Å²) in [6.45, 7) is 14.5. The molecule has 0 bridgehead atoms. The minimum atomic E-state index is -1.37. The molecule has 1 fully saturated rings. The largest absolute Gasteiger partial charge is 0.481 e. The number of halogens is 2. The van der Waals surface area contributed by atoms with Gasteiger partial charge in [0.05, 0.1) is 12.5 Å². The highest BCUT2D eigenvalue weighted by atomic mass is 19.2. The van der Waals surface area contributed by atoms with Gasteiger partial charge >= 0.3 is 5.97 Å². The number of aliphatic carboxylic acids is 1. The quantitative estimate of drug-likeness (QED) is 0.258. The summed E-state index contributed by atoms with van der Waals surface area (Å²) in [6.07, 6.45) is 2.06. The zero-order valence-corrected chi connectivity index (χ0v) is 26.4. The third-order valence-corrected chi connectivity index (χ3v) is 8.46. The number of aromatic nitrogens is 1. The van der Waals surface area contributed by atoms with Gasteiger partial charge in [0.25, 0.3) is 5.56 Å². The first-order valence-electron chi connectivity index (χ1n) is 15.3. The molecule has 2 heterocycles. The van der Waals surface area contributed by atoms with Gasteiger partial charge in [-0.3, -0.25) is 14.4 Å². The van der Waals surface area contributed by atoms with E-state index in [-0.39, 0.29) is 23.5 Å². The maximum atomic E-state index is 15.4. The Morgan fingerprint density at radius 3 is 2.30 bits per heavy atom. The molecule has 0 unspecified atom stereocenters. The van der Waals surface area contributed by atoms with Gasteiger partial charge in [0.2, 0.25) is 5.91 Å². The van der Waals surface area contributed by atoms with E-state index in [0.29, 0.717) is 23.5 Å². The minimum absolute atomic E-state index is 0.00411. The molecule has 1 saturated heterocycles. The summed E-state index contributed by atoms with van der Waals surface area (Å²) in [5.41, 5.74) is 3.95. The smallest absolute Gasteiger partial charge is 0.305 e. The van der Waals surface area contributed by atoms with Crippen molar-refractivity contribution in [3.63, 3.8) is 0 Å². The number of rotatable bonds is 12. The Balaban J connectivity index is 1.71. The van der Waals surface area contributed by atoms with Crippen LogP contribution in [0.5, 0.6) is 0 Å². The molecule has 1 aliphatic rings. The van der Waals surface area contributed by atoms with Gasteiger partial charge in [-0.05, 0) is 91.0 Å². The zero-order chi connectivity index (χ0) is 32.3. The van der Waals surface area contributed by atoms with Gasteiger partial charge < -0.3 is 19.9 Å². The van der Waals surface area contributed by atoms with Gasteiger partial charge in [-0.15, -0.1) is 0 Å². The number of hydrogen-bond donors (Lipinski definition) is 2. The van der Waals surface area contributed by atoms with Crippen molar-refractivity contribution in [1.82, 2.24) is 14.8 Å². The fourth-order valence-corrected chi connectivity index (χ4v) is 6.23. The number of pyridine rings is 1. The van der Waals surface area contributed by atoms with Gasteiger partial charge in [-0.2, -0.15) is 0 Å². The summed E-state index contributed by atoms with van der Waals surface area (Å²) < 4.78 is 31.8. The molecule has 2 atom stereocenters. The lowest BCUT2D eigenvalue weighted by atomic mass is 9.92. The van der Waals surface area contributed by atoms with Crippen LogP contribution in [0, 0.1) is 44.2 Å². The van der Waals surface area contributed by atoms with Crippen molar-refractivity contribution >= 4 is 11.9 Å². The Bertz CT molecular complexity index is 1570. The van der Waals surface area contributed by atoms with Crippen molar-refractivity contribution in [3.05, 3.63) is 92.4 Å². The molecule has 7 nitrogen and oxygen atoms in total. The van der Waals surface area contributed by atoms with Gasteiger partial charge in [-0.1, -0.05) is 39.0 Å². The SMILES string of the molecule is Cc1cc(=O)n([C@@H](CC(C)C)C(=O)N[C@@H](CC(=O)O)c2cc(-c3c(C)cccc3C)cc(F)c2F)cc1CCN1CC(C)C1. The summed E-state index contributed by atoms with van der Waals surface area (Å²) in [5.74, 6) is -3.60. The van der Waals surface area contributed by atoms with Crippen LogP contribution in [0.2, 0.25) is 0 Å². The molecule has 44 heavy (non-hydrogen) atoms. The number of hydrogen-bond acceptors (Lipinski definition) is 4. The van der Waals surface area contributed by atoms with Crippen LogP contribution >= 0.6 is 0 Å². The molecule has 9 heteroatoms. The number of carboxylic acid groups (broad SMARTS) is 1. The van der Waals surface area contributed by atoms with Crippen molar-refractivity contribution in [1.29, 1.82) is 0 Å². The average molecular weight is 608 g/mol. The Labute approximate surface area is 257 Å². The molecule has 4 rings (SSSR count). The van der Waals surface area contributed by atoms with E-state index in [2.05, 4.69) is 17.1 Å². The van der Waals surface area contributed by atoms with Crippen LogP contribution < -0.4 is 10.9 Å². The molecule has 2 aromatic carbocycles. The molecule has 2 N–H and O–H groups in total. The molecule has 3 aromatic rings. The number of carboxylic acids is 1. The van der Waals surface area contributed by atoms with Crippen LogP contribution in [0.3, 0.4) is 0 Å². The highest BCUT2D eigenvalue weighted by Crippen LogP contribution is 2.33. The molecular formula is C35H43F2N3O4. The first-order valence-corrected chi connectivity index (χ1v) is 15.3. The highest BCUT2D eigenvalue weighted by Gasteiger charge is 2.30. The molecule has 0 saturated carbocycles. The topological polar surface area (TPSA) is 91.6 Å². The van der Waals surface area contributed by atoms with Crippen molar-refractivity contribution in [2.45, 2.75) is 72.9 Å². The lowest BCUT2D eigenvalue weighted by molar-refractivity contribution is -0.138. The van der Waals surface area contributed by atoms with Gasteiger partial charge in [-0.25, -0.2) is 8.78 Å². The molecule has 236 valence electrons. The summed E-state index contributed by atoms with van der Waals surface area (Å²) in [4.78, 5) is 41.4. The number of nitrogens with zero attached hydrogens (tertiary/aromatic N) is 2. The van der Waals surface area contributed by atoms with Crippen LogP contribution in [-0.4, -0.2) is 46.1 Å². The average Bonchev–Trinajstić information content (AvgIpc) is 2.91. The van der Waals surface area contributed by atoms with Crippen molar-refractivity contribution in [2.24, 2.45) is 11.8 Å². The van der Waals surface area contributed by atoms with E-state index in [1.54, 1.807) is 6.20 Å². The van der Waals surface area contributed by atoms with Crippen LogP contribution in [-0.2, 0) is 16.0 Å². The number of carbonyl (C=O) groups is 2. The Hall–Kier alpha value is -3.85. The Morgan fingerprint density at radius 1 is 1.05 bits per heavy atom. The van der Waals surface area contributed by atoms with Gasteiger partial charge in [0, 0.05) is 37.5 Å². The van der Waals surface area contributed by atoms with Crippen LogP contribution in [0.25, 0.3) is 11.1 Å². The Kier molecular flexibility index (Phi) is 10.4. The first kappa shape index (κ1) is 33.1. The third kappa shape index (κ3) is 7.62. The highest BCUT2D eigenvalue weighted by molar-refractivity contribution is 5.82. The second-order valence-electron chi connectivity index (χ2n) is 12.8. The summed E-state index contributed by atoms with van der Waals surface area (Å²) in [5, 5.41) is 12.4. The number of aryl methyl sites for hydroxylation is 3. The van der Waals surface area contributed by atoms with Crippen molar-refractivity contribution in [2.75, 3.05) is 19.6 Å². The molecule has 0 aliphatic carbocycles. The predicted octanol–water partition coefficient (Wildman–Crippen LogP) is 6.13.